The first-order valence-corrected chi connectivity index (χ1v) is 11.9. The van der Waals surface area contributed by atoms with Gasteiger partial charge < -0.3 is 0 Å². The molecule has 0 saturated heterocycles. The normalized spacial score (nSPS) is 13.7. The molecule has 0 N–H and O–H groups in total. The van der Waals surface area contributed by atoms with Crippen LogP contribution in [-0.2, 0) is 19.3 Å². The second-order valence-electron chi connectivity index (χ2n) is 9.75. The van der Waals surface area contributed by atoms with Crippen LogP contribution in [0.2, 0.25) is 0 Å². The van der Waals surface area contributed by atoms with Crippen molar-refractivity contribution in [2.45, 2.75) is 19.3 Å². The highest BCUT2D eigenvalue weighted by Gasteiger charge is 2.25. The molecule has 0 nitrogen and oxygen atoms in total. The van der Waals surface area contributed by atoms with Crippen molar-refractivity contribution >= 4 is 0 Å². The van der Waals surface area contributed by atoms with Crippen LogP contribution in [0.25, 0.3) is 44.5 Å². The van der Waals surface area contributed by atoms with E-state index in [-0.39, 0.29) is 0 Å². The van der Waals surface area contributed by atoms with E-state index in [9.17, 15) is 0 Å². The molecule has 0 radical (unpaired) electrons. The molecule has 0 unspecified atom stereocenters. The van der Waals surface area contributed by atoms with Gasteiger partial charge in [-0.2, -0.15) is 0 Å². The molecule has 0 spiro atoms. The molecule has 0 atom stereocenters. The summed E-state index contributed by atoms with van der Waals surface area (Å²) in [5.74, 6) is 0. The van der Waals surface area contributed by atoms with E-state index in [0.29, 0.717) is 0 Å². The maximum Gasteiger partial charge on any atom is -0.00130 e. The van der Waals surface area contributed by atoms with Gasteiger partial charge in [0.15, 0.2) is 0 Å². The standard InChI is InChI=1S/C33H22/c1-3-7-28-22(5-1)15-24-13-20(9-11-30(24)28)21-10-12-31-25(14-21)17-27-19-32-26(18-33(27)31)16-23-6-2-4-8-29(23)32/h1-14,18-19H,15-17H2. The van der Waals surface area contributed by atoms with Crippen molar-refractivity contribution < 1.29 is 0 Å². The minimum Gasteiger partial charge on any atom is -0.0619 e. The number of hydrogen-bond acceptors (Lipinski definition) is 0. The van der Waals surface area contributed by atoms with Crippen LogP contribution in [0.5, 0.6) is 0 Å². The summed E-state index contributed by atoms with van der Waals surface area (Å²) in [7, 11) is 0. The minimum atomic E-state index is 1.03. The van der Waals surface area contributed by atoms with Gasteiger partial charge in [-0.05, 0) is 109 Å². The first kappa shape index (κ1) is 17.6. The summed E-state index contributed by atoms with van der Waals surface area (Å²) in [6.45, 7) is 0. The fourth-order valence-electron chi connectivity index (χ4n) is 6.34. The number of rotatable bonds is 1. The third kappa shape index (κ3) is 2.47. The second-order valence-corrected chi connectivity index (χ2v) is 9.75. The Bertz CT molecular complexity index is 1630. The lowest BCUT2D eigenvalue weighted by Crippen LogP contribution is -1.86. The average molecular weight is 419 g/mol. The van der Waals surface area contributed by atoms with Crippen LogP contribution < -0.4 is 0 Å². The van der Waals surface area contributed by atoms with Crippen LogP contribution >= 0.6 is 0 Å². The van der Waals surface area contributed by atoms with Gasteiger partial charge in [-0.15, -0.1) is 0 Å². The van der Waals surface area contributed by atoms with Gasteiger partial charge in [-0.25, -0.2) is 0 Å². The molecule has 154 valence electrons. The van der Waals surface area contributed by atoms with Gasteiger partial charge in [0.1, 0.15) is 0 Å². The van der Waals surface area contributed by atoms with E-state index < -0.39 is 0 Å². The molecule has 0 aliphatic heterocycles. The highest BCUT2D eigenvalue weighted by Crippen LogP contribution is 2.46. The molecular weight excluding hydrogens is 396 g/mol. The zero-order valence-electron chi connectivity index (χ0n) is 18.4. The zero-order valence-corrected chi connectivity index (χ0v) is 18.4. The Morgan fingerprint density at radius 2 is 0.697 bits per heavy atom. The smallest absolute Gasteiger partial charge is 0.00130 e. The molecule has 0 heteroatoms. The molecule has 0 saturated carbocycles. The molecule has 3 aliphatic carbocycles. The van der Waals surface area contributed by atoms with E-state index in [1.54, 1.807) is 0 Å². The number of benzene rings is 5. The summed E-state index contributed by atoms with van der Waals surface area (Å²) >= 11 is 0. The van der Waals surface area contributed by atoms with Gasteiger partial charge in [0, 0.05) is 0 Å². The van der Waals surface area contributed by atoms with Crippen LogP contribution in [-0.4, -0.2) is 0 Å². The van der Waals surface area contributed by atoms with Crippen LogP contribution in [0.4, 0.5) is 0 Å². The van der Waals surface area contributed by atoms with Gasteiger partial charge in [-0.3, -0.25) is 0 Å². The van der Waals surface area contributed by atoms with Crippen LogP contribution in [0, 0.1) is 0 Å². The van der Waals surface area contributed by atoms with E-state index in [2.05, 4.69) is 97.1 Å². The third-order valence-electron chi connectivity index (χ3n) is 7.92. The maximum atomic E-state index is 2.46. The SMILES string of the molecule is c1ccc2c(c1)Cc1cc(-c3ccc4c(c3)Cc3cc5c(cc3-4)Cc3ccccc3-5)ccc1-2. The average Bonchev–Trinajstić information content (AvgIpc) is 3.52. The van der Waals surface area contributed by atoms with Crippen molar-refractivity contribution in [3.8, 4) is 44.5 Å². The summed E-state index contributed by atoms with van der Waals surface area (Å²) in [5, 5.41) is 0. The summed E-state index contributed by atoms with van der Waals surface area (Å²) in [4.78, 5) is 0. The van der Waals surface area contributed by atoms with E-state index in [1.165, 1.54) is 77.9 Å². The van der Waals surface area contributed by atoms with Crippen LogP contribution in [0.1, 0.15) is 33.4 Å². The Hall–Kier alpha value is -3.90. The Kier molecular flexibility index (Phi) is 3.38. The van der Waals surface area contributed by atoms with Gasteiger partial charge >= 0.3 is 0 Å². The highest BCUT2D eigenvalue weighted by atomic mass is 14.3. The predicted molar refractivity (Wildman–Crippen MR) is 137 cm³/mol. The maximum absolute atomic E-state index is 2.46. The molecule has 0 aromatic heterocycles. The summed E-state index contributed by atoms with van der Waals surface area (Å²) in [6, 6.07) is 36.7. The Balaban J connectivity index is 1.17. The number of fused-ring (bicyclic) bond motifs is 9. The topological polar surface area (TPSA) is 0 Å². The molecule has 5 aromatic rings. The second kappa shape index (κ2) is 6.33. The Morgan fingerprint density at radius 3 is 1.27 bits per heavy atom. The Morgan fingerprint density at radius 1 is 0.303 bits per heavy atom. The predicted octanol–water partition coefficient (Wildman–Crippen LogP) is 8.07. The monoisotopic (exact) mass is 418 g/mol. The zero-order chi connectivity index (χ0) is 21.5. The molecule has 0 amide bonds. The summed E-state index contributed by atoms with van der Waals surface area (Å²) in [6.07, 6.45) is 3.14. The highest BCUT2D eigenvalue weighted by molar-refractivity contribution is 5.87. The largest absolute Gasteiger partial charge is 0.0619 e. The Labute approximate surface area is 194 Å². The van der Waals surface area contributed by atoms with Crippen molar-refractivity contribution in [1.82, 2.24) is 0 Å². The lowest BCUT2D eigenvalue weighted by molar-refractivity contribution is 1.24. The summed E-state index contributed by atoms with van der Waals surface area (Å²) in [5.41, 5.74) is 20.0. The van der Waals surface area contributed by atoms with Crippen molar-refractivity contribution in [3.05, 3.63) is 130 Å². The summed E-state index contributed by atoms with van der Waals surface area (Å²) < 4.78 is 0. The molecule has 33 heavy (non-hydrogen) atoms. The fraction of sp³-hybridized carbons (Fsp3) is 0.0909. The first-order chi connectivity index (χ1) is 16.3. The van der Waals surface area contributed by atoms with Crippen molar-refractivity contribution in [3.63, 3.8) is 0 Å². The van der Waals surface area contributed by atoms with Crippen LogP contribution in [0.3, 0.4) is 0 Å². The molecule has 0 bridgehead atoms. The van der Waals surface area contributed by atoms with Gasteiger partial charge in [0.25, 0.3) is 0 Å². The van der Waals surface area contributed by atoms with E-state index in [4.69, 9.17) is 0 Å². The molecule has 5 aromatic carbocycles. The van der Waals surface area contributed by atoms with Crippen molar-refractivity contribution in [1.29, 1.82) is 0 Å². The molecular formula is C33H22. The first-order valence-electron chi connectivity index (χ1n) is 11.9. The molecule has 8 rings (SSSR count). The van der Waals surface area contributed by atoms with Crippen molar-refractivity contribution in [2.24, 2.45) is 0 Å². The van der Waals surface area contributed by atoms with Crippen molar-refractivity contribution in [2.75, 3.05) is 0 Å². The third-order valence-corrected chi connectivity index (χ3v) is 7.92. The van der Waals surface area contributed by atoms with Gasteiger partial charge in [0.2, 0.25) is 0 Å². The number of hydrogen-bond donors (Lipinski definition) is 0. The van der Waals surface area contributed by atoms with E-state index in [1.807, 2.05) is 0 Å². The lowest BCUT2D eigenvalue weighted by Gasteiger charge is -2.09. The molecule has 3 aliphatic rings. The van der Waals surface area contributed by atoms with E-state index in [0.717, 1.165) is 19.3 Å². The molecule has 0 fully saturated rings. The quantitative estimate of drug-likeness (QED) is 0.253. The minimum absolute atomic E-state index is 1.03. The van der Waals surface area contributed by atoms with Gasteiger partial charge in [0.05, 0.1) is 0 Å². The van der Waals surface area contributed by atoms with Gasteiger partial charge in [-0.1, -0.05) is 84.9 Å². The fourth-order valence-corrected chi connectivity index (χ4v) is 6.34. The van der Waals surface area contributed by atoms with E-state index >= 15 is 0 Å². The lowest BCUT2D eigenvalue weighted by atomic mass is 9.95. The molecule has 0 heterocycles. The van der Waals surface area contributed by atoms with Crippen LogP contribution in [0.15, 0.2) is 97.1 Å².